The second-order valence-electron chi connectivity index (χ2n) is 7.33. The van der Waals surface area contributed by atoms with Gasteiger partial charge in [0.1, 0.15) is 0 Å². The molecule has 0 amide bonds. The summed E-state index contributed by atoms with van der Waals surface area (Å²) in [6.07, 6.45) is 3.28. The lowest BCUT2D eigenvalue weighted by atomic mass is 9.60. The summed E-state index contributed by atoms with van der Waals surface area (Å²) >= 11 is 0. The summed E-state index contributed by atoms with van der Waals surface area (Å²) in [6.45, 7) is 1.71. The fraction of sp³-hybridized carbons (Fsp3) is 0.208. The highest BCUT2D eigenvalue weighted by atomic mass is 16.1. The lowest BCUT2D eigenvalue weighted by molar-refractivity contribution is -0.114. The lowest BCUT2D eigenvalue weighted by Gasteiger charge is -2.43. The molecule has 0 radical (unpaired) electrons. The van der Waals surface area contributed by atoms with E-state index < -0.39 is 0 Å². The highest BCUT2D eigenvalue weighted by molar-refractivity contribution is 5.96. The maximum absolute atomic E-state index is 12.1. The van der Waals surface area contributed by atoms with Crippen molar-refractivity contribution in [1.29, 1.82) is 0 Å². The molecule has 0 heterocycles. The molecule has 3 atom stereocenters. The fourth-order valence-electron chi connectivity index (χ4n) is 4.83. The molecule has 1 heteroatoms. The van der Waals surface area contributed by atoms with Gasteiger partial charge in [0.25, 0.3) is 0 Å². The normalized spacial score (nSPS) is 24.0. The average Bonchev–Trinajstić information content (AvgIpc) is 2.67. The minimum atomic E-state index is 0.224. The SMILES string of the molecule is CC(=O)C1=CC2c3ccccc3C1CC2c1ccc2ccccc2c1. The summed E-state index contributed by atoms with van der Waals surface area (Å²) in [5.74, 6) is 1.23. The van der Waals surface area contributed by atoms with Crippen LogP contribution in [0.1, 0.15) is 47.8 Å². The molecule has 0 aromatic heterocycles. The van der Waals surface area contributed by atoms with E-state index in [9.17, 15) is 4.79 Å². The molecule has 3 aromatic rings. The topological polar surface area (TPSA) is 17.1 Å². The van der Waals surface area contributed by atoms with Gasteiger partial charge in [-0.3, -0.25) is 4.79 Å². The van der Waals surface area contributed by atoms with Crippen molar-refractivity contribution in [2.45, 2.75) is 31.1 Å². The Morgan fingerprint density at radius 3 is 2.40 bits per heavy atom. The Morgan fingerprint density at radius 1 is 0.880 bits per heavy atom. The fourth-order valence-corrected chi connectivity index (χ4v) is 4.83. The van der Waals surface area contributed by atoms with Crippen molar-refractivity contribution in [2.75, 3.05) is 0 Å². The second-order valence-corrected chi connectivity index (χ2v) is 7.33. The van der Waals surface area contributed by atoms with Crippen molar-refractivity contribution in [3.8, 4) is 0 Å². The highest BCUT2D eigenvalue weighted by Crippen LogP contribution is 2.55. The molecule has 0 saturated heterocycles. The van der Waals surface area contributed by atoms with Crippen LogP contribution in [0.2, 0.25) is 0 Å². The molecule has 0 spiro atoms. The number of hydrogen-bond acceptors (Lipinski definition) is 1. The Balaban J connectivity index is 1.65. The molecular formula is C24H20O. The monoisotopic (exact) mass is 324 g/mol. The van der Waals surface area contributed by atoms with Crippen LogP contribution in [0.5, 0.6) is 0 Å². The number of ketones is 1. The molecule has 25 heavy (non-hydrogen) atoms. The molecule has 3 unspecified atom stereocenters. The van der Waals surface area contributed by atoms with E-state index in [2.05, 4.69) is 72.8 Å². The number of benzene rings is 3. The first kappa shape index (κ1) is 14.7. The highest BCUT2D eigenvalue weighted by Gasteiger charge is 2.41. The van der Waals surface area contributed by atoms with Crippen molar-refractivity contribution in [2.24, 2.45) is 0 Å². The number of hydrogen-bond donors (Lipinski definition) is 0. The summed E-state index contributed by atoms with van der Waals surface area (Å²) in [6, 6.07) is 24.1. The molecule has 0 fully saturated rings. The number of carbonyl (C=O) groups is 1. The largest absolute Gasteiger partial charge is 0.295 e. The molecule has 3 aliphatic rings. The van der Waals surface area contributed by atoms with E-state index in [1.54, 1.807) is 6.92 Å². The third kappa shape index (κ3) is 2.19. The molecule has 0 aliphatic heterocycles. The van der Waals surface area contributed by atoms with E-state index in [0.29, 0.717) is 11.8 Å². The van der Waals surface area contributed by atoms with Crippen molar-refractivity contribution in [1.82, 2.24) is 0 Å². The van der Waals surface area contributed by atoms with E-state index in [1.165, 1.54) is 27.5 Å². The number of fused-ring (bicyclic) bond motifs is 2. The molecule has 3 aliphatic carbocycles. The van der Waals surface area contributed by atoms with Crippen LogP contribution in [0, 0.1) is 0 Å². The van der Waals surface area contributed by atoms with Crippen molar-refractivity contribution in [3.63, 3.8) is 0 Å². The quantitative estimate of drug-likeness (QED) is 0.589. The zero-order valence-electron chi connectivity index (χ0n) is 14.3. The molecule has 2 bridgehead atoms. The summed E-state index contributed by atoms with van der Waals surface area (Å²) in [7, 11) is 0. The second kappa shape index (κ2) is 5.42. The van der Waals surface area contributed by atoms with Crippen molar-refractivity contribution >= 4 is 16.6 Å². The van der Waals surface area contributed by atoms with Gasteiger partial charge in [-0.25, -0.2) is 0 Å². The smallest absolute Gasteiger partial charge is 0.156 e. The standard InChI is InChI=1S/C24H20O/c1-15(25)21-13-24-20-9-5-4-8-19(20)23(21)14-22(24)18-11-10-16-6-2-3-7-17(16)12-18/h2-13,22-24H,14H2,1H3. The minimum Gasteiger partial charge on any atom is -0.295 e. The van der Waals surface area contributed by atoms with Crippen LogP contribution < -0.4 is 0 Å². The van der Waals surface area contributed by atoms with Crippen LogP contribution in [0.15, 0.2) is 78.4 Å². The van der Waals surface area contributed by atoms with E-state index in [1.807, 2.05) is 0 Å². The molecular weight excluding hydrogens is 304 g/mol. The van der Waals surface area contributed by atoms with Gasteiger partial charge < -0.3 is 0 Å². The van der Waals surface area contributed by atoms with Crippen LogP contribution in [0.3, 0.4) is 0 Å². The van der Waals surface area contributed by atoms with E-state index in [0.717, 1.165) is 12.0 Å². The maximum Gasteiger partial charge on any atom is 0.156 e. The van der Waals surface area contributed by atoms with Gasteiger partial charge in [-0.2, -0.15) is 0 Å². The van der Waals surface area contributed by atoms with Crippen molar-refractivity contribution < 1.29 is 4.79 Å². The summed E-state index contributed by atoms with van der Waals surface area (Å²) in [5.41, 5.74) is 5.17. The maximum atomic E-state index is 12.1. The van der Waals surface area contributed by atoms with E-state index in [-0.39, 0.29) is 11.7 Å². The first-order valence-electron chi connectivity index (χ1n) is 9.02. The van der Waals surface area contributed by atoms with Crippen LogP contribution in [-0.4, -0.2) is 5.78 Å². The molecule has 122 valence electrons. The Hall–Kier alpha value is -2.67. The summed E-state index contributed by atoms with van der Waals surface area (Å²) < 4.78 is 0. The van der Waals surface area contributed by atoms with E-state index in [4.69, 9.17) is 0 Å². The molecule has 1 nitrogen and oxygen atoms in total. The third-order valence-electron chi connectivity index (χ3n) is 6.00. The van der Waals surface area contributed by atoms with Gasteiger partial charge in [-0.1, -0.05) is 72.8 Å². The Morgan fingerprint density at radius 2 is 1.60 bits per heavy atom. The zero-order valence-corrected chi connectivity index (χ0v) is 14.3. The zero-order chi connectivity index (χ0) is 17.0. The van der Waals surface area contributed by atoms with Gasteiger partial charge in [0.15, 0.2) is 5.78 Å². The van der Waals surface area contributed by atoms with E-state index >= 15 is 0 Å². The molecule has 6 rings (SSSR count). The van der Waals surface area contributed by atoms with Gasteiger partial charge in [0.05, 0.1) is 0 Å². The Kier molecular flexibility index (Phi) is 3.18. The van der Waals surface area contributed by atoms with Gasteiger partial charge in [0, 0.05) is 11.8 Å². The van der Waals surface area contributed by atoms with Crippen LogP contribution in [0.25, 0.3) is 10.8 Å². The molecule has 3 aromatic carbocycles. The summed E-state index contributed by atoms with van der Waals surface area (Å²) in [5, 5.41) is 2.58. The van der Waals surface area contributed by atoms with Gasteiger partial charge in [0.2, 0.25) is 0 Å². The third-order valence-corrected chi connectivity index (χ3v) is 6.00. The summed E-state index contributed by atoms with van der Waals surface area (Å²) in [4.78, 5) is 12.1. The molecule has 0 saturated carbocycles. The van der Waals surface area contributed by atoms with Crippen molar-refractivity contribution in [3.05, 3.63) is 95.1 Å². The number of carbonyl (C=O) groups excluding carboxylic acids is 1. The average molecular weight is 324 g/mol. The Labute approximate surface area is 148 Å². The predicted molar refractivity (Wildman–Crippen MR) is 102 cm³/mol. The first-order valence-corrected chi connectivity index (χ1v) is 9.02. The molecule has 0 N–H and O–H groups in total. The minimum absolute atomic E-state index is 0.224. The van der Waals surface area contributed by atoms with Gasteiger partial charge in [-0.05, 0) is 52.3 Å². The number of rotatable bonds is 2. The van der Waals surface area contributed by atoms with Gasteiger partial charge in [-0.15, -0.1) is 0 Å². The van der Waals surface area contributed by atoms with Gasteiger partial charge >= 0.3 is 0 Å². The number of allylic oxidation sites excluding steroid dienone is 2. The Bertz CT molecular complexity index is 1030. The van der Waals surface area contributed by atoms with Crippen LogP contribution in [0.4, 0.5) is 0 Å². The van der Waals surface area contributed by atoms with Crippen LogP contribution in [-0.2, 0) is 4.79 Å². The predicted octanol–water partition coefficient (Wildman–Crippen LogP) is 5.72. The lowest BCUT2D eigenvalue weighted by Crippen LogP contribution is -2.30. The van der Waals surface area contributed by atoms with Crippen LogP contribution >= 0.6 is 0 Å². The first-order chi connectivity index (χ1) is 12.2. The number of Topliss-reactive ketones (excluding diaryl/α,β-unsaturated/α-hetero) is 1.